The van der Waals surface area contributed by atoms with Gasteiger partial charge in [0, 0.05) is 6.92 Å². The number of aliphatic hydroxyl groups excluding tert-OH is 1. The van der Waals surface area contributed by atoms with Gasteiger partial charge >= 0.3 is 0 Å². The molecule has 2 aromatic carbocycles. The number of aliphatic hydroxyl groups is 1. The monoisotopic (exact) mass is 427 g/mol. The summed E-state index contributed by atoms with van der Waals surface area (Å²) in [5.74, 6) is -0.311. The number of rotatable bonds is 6. The second-order valence-electron chi connectivity index (χ2n) is 8.55. The number of carbonyl (C=O) groups is 1. The van der Waals surface area contributed by atoms with E-state index in [1.165, 1.54) is 24.6 Å². The lowest BCUT2D eigenvalue weighted by Crippen LogP contribution is -2.57. The van der Waals surface area contributed by atoms with Crippen LogP contribution in [-0.2, 0) is 20.7 Å². The van der Waals surface area contributed by atoms with E-state index in [1.807, 2.05) is 0 Å². The Kier molecular flexibility index (Phi) is 7.00. The smallest absolute Gasteiger partial charge is 0.217 e. The highest BCUT2D eigenvalue weighted by atomic mass is 19.1. The van der Waals surface area contributed by atoms with Crippen molar-refractivity contribution < 1.29 is 23.8 Å². The standard InChI is InChI=1S/C25H30FNO4/c1-16(29)27-22-14-25-24(13-11-21(15-28)30-25)31-23(22)12-4-17-2-5-18(6-3-17)19-7-9-20(26)10-8-19/h2-3,5-10,21-25,28H,4,11-15H2,1H3,(H,27,29)/t21-,22-,23-,24+,25+/m1/s1. The molecule has 2 aromatic rings. The zero-order chi connectivity index (χ0) is 21.8. The third kappa shape index (κ3) is 5.50. The van der Waals surface area contributed by atoms with E-state index in [-0.39, 0.29) is 48.8 Å². The summed E-state index contributed by atoms with van der Waals surface area (Å²) in [6.45, 7) is 1.54. The lowest BCUT2D eigenvalue weighted by Gasteiger charge is -2.45. The molecule has 5 atom stereocenters. The van der Waals surface area contributed by atoms with Crippen LogP contribution >= 0.6 is 0 Å². The molecule has 0 unspecified atom stereocenters. The van der Waals surface area contributed by atoms with E-state index >= 15 is 0 Å². The molecule has 0 spiro atoms. The van der Waals surface area contributed by atoms with Gasteiger partial charge in [-0.05, 0) is 60.9 Å². The van der Waals surface area contributed by atoms with Gasteiger partial charge in [-0.1, -0.05) is 36.4 Å². The second-order valence-corrected chi connectivity index (χ2v) is 8.55. The van der Waals surface area contributed by atoms with Crippen LogP contribution in [0.5, 0.6) is 0 Å². The maximum Gasteiger partial charge on any atom is 0.217 e. The summed E-state index contributed by atoms with van der Waals surface area (Å²) in [4.78, 5) is 11.7. The van der Waals surface area contributed by atoms with Crippen LogP contribution in [0.1, 0.15) is 38.2 Å². The van der Waals surface area contributed by atoms with Gasteiger partial charge < -0.3 is 19.9 Å². The molecule has 0 aliphatic carbocycles. The van der Waals surface area contributed by atoms with Gasteiger partial charge in [-0.25, -0.2) is 4.39 Å². The van der Waals surface area contributed by atoms with Crippen molar-refractivity contribution in [3.63, 3.8) is 0 Å². The van der Waals surface area contributed by atoms with Crippen molar-refractivity contribution >= 4 is 5.91 Å². The Labute approximate surface area is 182 Å². The molecular formula is C25H30FNO4. The van der Waals surface area contributed by atoms with E-state index in [0.717, 1.165) is 36.8 Å². The normalized spacial score (nSPS) is 28.0. The van der Waals surface area contributed by atoms with Crippen molar-refractivity contribution in [3.8, 4) is 11.1 Å². The number of aryl methyl sites for hydroxylation is 1. The van der Waals surface area contributed by atoms with Crippen LogP contribution in [0, 0.1) is 5.82 Å². The Bertz CT molecular complexity index is 870. The maximum absolute atomic E-state index is 13.1. The highest BCUT2D eigenvalue weighted by Gasteiger charge is 2.42. The average molecular weight is 428 g/mol. The summed E-state index contributed by atoms with van der Waals surface area (Å²) >= 11 is 0. The van der Waals surface area contributed by atoms with Crippen molar-refractivity contribution in [1.82, 2.24) is 5.32 Å². The molecule has 2 saturated heterocycles. The number of hydrogen-bond donors (Lipinski definition) is 2. The number of benzene rings is 2. The van der Waals surface area contributed by atoms with Crippen molar-refractivity contribution in [2.75, 3.05) is 6.61 Å². The minimum Gasteiger partial charge on any atom is -0.394 e. The molecule has 0 bridgehead atoms. The summed E-state index contributed by atoms with van der Waals surface area (Å²) in [5, 5.41) is 12.4. The lowest BCUT2D eigenvalue weighted by atomic mass is 9.88. The van der Waals surface area contributed by atoms with Crippen LogP contribution in [0.15, 0.2) is 48.5 Å². The first-order chi connectivity index (χ1) is 15.0. The molecule has 2 N–H and O–H groups in total. The van der Waals surface area contributed by atoms with E-state index in [2.05, 4.69) is 29.6 Å². The molecule has 0 aromatic heterocycles. The molecule has 31 heavy (non-hydrogen) atoms. The summed E-state index contributed by atoms with van der Waals surface area (Å²) in [7, 11) is 0. The van der Waals surface area contributed by atoms with Gasteiger partial charge in [0.1, 0.15) is 5.82 Å². The predicted octanol–water partition coefficient (Wildman–Crippen LogP) is 3.63. The molecule has 5 nitrogen and oxygen atoms in total. The first kappa shape index (κ1) is 21.9. The number of fused-ring (bicyclic) bond motifs is 1. The van der Waals surface area contributed by atoms with Gasteiger partial charge in [0.2, 0.25) is 5.91 Å². The summed E-state index contributed by atoms with van der Waals surface area (Å²) < 4.78 is 25.5. The number of hydrogen-bond acceptors (Lipinski definition) is 4. The average Bonchev–Trinajstić information content (AvgIpc) is 2.78. The fourth-order valence-corrected chi connectivity index (χ4v) is 4.65. The zero-order valence-corrected chi connectivity index (χ0v) is 17.8. The maximum atomic E-state index is 13.1. The Morgan fingerprint density at radius 1 is 1.03 bits per heavy atom. The summed E-state index contributed by atoms with van der Waals surface area (Å²) in [5.41, 5.74) is 3.23. The minimum atomic E-state index is -0.237. The molecule has 6 heteroatoms. The molecular weight excluding hydrogens is 397 g/mol. The number of amides is 1. The van der Waals surface area contributed by atoms with E-state index in [4.69, 9.17) is 9.47 Å². The largest absolute Gasteiger partial charge is 0.394 e. The highest BCUT2D eigenvalue weighted by molar-refractivity contribution is 5.73. The van der Waals surface area contributed by atoms with Gasteiger partial charge in [0.25, 0.3) is 0 Å². The van der Waals surface area contributed by atoms with E-state index < -0.39 is 0 Å². The molecule has 0 saturated carbocycles. The highest BCUT2D eigenvalue weighted by Crippen LogP contribution is 2.33. The summed E-state index contributed by atoms with van der Waals surface area (Å²) in [6.07, 6.45) is 3.71. The van der Waals surface area contributed by atoms with Crippen molar-refractivity contribution in [2.45, 2.75) is 69.5 Å². The molecule has 2 aliphatic heterocycles. The minimum absolute atomic E-state index is 0.0126. The molecule has 2 fully saturated rings. The zero-order valence-electron chi connectivity index (χ0n) is 17.8. The van der Waals surface area contributed by atoms with Crippen LogP contribution < -0.4 is 5.32 Å². The Hall–Kier alpha value is -2.28. The Morgan fingerprint density at radius 3 is 2.35 bits per heavy atom. The number of ether oxygens (including phenoxy) is 2. The lowest BCUT2D eigenvalue weighted by molar-refractivity contribution is -0.202. The topological polar surface area (TPSA) is 67.8 Å². The van der Waals surface area contributed by atoms with Crippen molar-refractivity contribution in [2.24, 2.45) is 0 Å². The first-order valence-electron chi connectivity index (χ1n) is 11.1. The third-order valence-corrected chi connectivity index (χ3v) is 6.28. The second kappa shape index (κ2) is 9.90. The Balaban J connectivity index is 1.39. The van der Waals surface area contributed by atoms with Gasteiger partial charge in [0.15, 0.2) is 0 Å². The fourth-order valence-electron chi connectivity index (χ4n) is 4.65. The van der Waals surface area contributed by atoms with Crippen LogP contribution in [0.2, 0.25) is 0 Å². The van der Waals surface area contributed by atoms with Crippen molar-refractivity contribution in [3.05, 3.63) is 59.9 Å². The van der Waals surface area contributed by atoms with Gasteiger partial charge in [-0.3, -0.25) is 4.79 Å². The molecule has 0 radical (unpaired) electrons. The van der Waals surface area contributed by atoms with Crippen LogP contribution in [0.4, 0.5) is 4.39 Å². The van der Waals surface area contributed by atoms with Crippen molar-refractivity contribution in [1.29, 1.82) is 0 Å². The molecule has 2 heterocycles. The number of halogens is 1. The van der Waals surface area contributed by atoms with Gasteiger partial charge in [-0.15, -0.1) is 0 Å². The number of nitrogens with one attached hydrogen (secondary N) is 1. The molecule has 166 valence electrons. The summed E-state index contributed by atoms with van der Waals surface area (Å²) in [6, 6.07) is 14.7. The Morgan fingerprint density at radius 2 is 1.71 bits per heavy atom. The molecule has 2 aliphatic rings. The molecule has 1 amide bonds. The van der Waals surface area contributed by atoms with E-state index in [9.17, 15) is 14.3 Å². The van der Waals surface area contributed by atoms with Crippen LogP contribution in [0.25, 0.3) is 11.1 Å². The van der Waals surface area contributed by atoms with Crippen LogP contribution in [0.3, 0.4) is 0 Å². The SMILES string of the molecule is CC(=O)N[C@@H]1C[C@@H]2O[C@@H](CO)CC[C@@H]2O[C@@H]1CCc1ccc(-c2ccc(F)cc2)cc1. The van der Waals surface area contributed by atoms with E-state index in [1.54, 1.807) is 12.1 Å². The fraction of sp³-hybridized carbons (Fsp3) is 0.480. The number of carbonyl (C=O) groups excluding carboxylic acids is 1. The van der Waals surface area contributed by atoms with E-state index in [0.29, 0.717) is 6.42 Å². The first-order valence-corrected chi connectivity index (χ1v) is 11.1. The van der Waals surface area contributed by atoms with Crippen LogP contribution in [-0.4, -0.2) is 48.1 Å². The predicted molar refractivity (Wildman–Crippen MR) is 116 cm³/mol. The van der Waals surface area contributed by atoms with Gasteiger partial charge in [0.05, 0.1) is 37.1 Å². The third-order valence-electron chi connectivity index (χ3n) is 6.28. The molecule has 4 rings (SSSR count). The van der Waals surface area contributed by atoms with Gasteiger partial charge in [-0.2, -0.15) is 0 Å². The quantitative estimate of drug-likeness (QED) is 0.739.